The van der Waals surface area contributed by atoms with Gasteiger partial charge in [0.15, 0.2) is 0 Å². The molecule has 2 heterocycles. The summed E-state index contributed by atoms with van der Waals surface area (Å²) < 4.78 is 28.9. The minimum absolute atomic E-state index is 0.0148. The summed E-state index contributed by atoms with van der Waals surface area (Å²) in [5, 5.41) is 2.72. The first-order valence-electron chi connectivity index (χ1n) is 8.03. The van der Waals surface area contributed by atoms with E-state index in [2.05, 4.69) is 5.32 Å². The molecule has 0 aliphatic carbocycles. The quantitative estimate of drug-likeness (QED) is 0.813. The van der Waals surface area contributed by atoms with Crippen molar-refractivity contribution in [3.05, 3.63) is 59.8 Å². The number of halogens is 1. The molecule has 7 heteroatoms. The second-order valence-electron chi connectivity index (χ2n) is 5.69. The van der Waals surface area contributed by atoms with Gasteiger partial charge in [0.25, 0.3) is 5.91 Å². The smallest absolute Gasteiger partial charge is 0.375 e. The average Bonchev–Trinajstić information content (AvgIpc) is 3.31. The molecule has 2 aromatic rings. The molecule has 132 valence electrons. The Morgan fingerprint density at radius 2 is 2.08 bits per heavy atom. The Kier molecular flexibility index (Phi) is 5.45. The lowest BCUT2D eigenvalue weighted by molar-refractivity contribution is -0.130. The zero-order valence-electron chi connectivity index (χ0n) is 13.4. The molecule has 0 radical (unpaired) electrons. The highest BCUT2D eigenvalue weighted by atomic mass is 19.1. The minimum Gasteiger partial charge on any atom is -0.457 e. The summed E-state index contributed by atoms with van der Waals surface area (Å²) >= 11 is 0. The normalized spacial score (nSPS) is 17.9. The van der Waals surface area contributed by atoms with Crippen LogP contribution in [-0.4, -0.2) is 31.1 Å². The molecular formula is C18H18FNO5. The van der Waals surface area contributed by atoms with E-state index in [9.17, 15) is 14.0 Å². The number of nitrogens with one attached hydrogen (secondary N) is 1. The summed E-state index contributed by atoms with van der Waals surface area (Å²) in [5.41, 5.74) is 0.367. The van der Waals surface area contributed by atoms with E-state index in [0.717, 1.165) is 12.8 Å². The lowest BCUT2D eigenvalue weighted by Gasteiger charge is -2.19. The van der Waals surface area contributed by atoms with Crippen molar-refractivity contribution in [2.45, 2.75) is 25.0 Å². The second-order valence-corrected chi connectivity index (χ2v) is 5.69. The van der Waals surface area contributed by atoms with Gasteiger partial charge >= 0.3 is 5.97 Å². The average molecular weight is 347 g/mol. The number of esters is 1. The number of benzene rings is 1. The molecule has 6 nitrogen and oxygen atoms in total. The Balaban J connectivity index is 1.72. The molecule has 1 aromatic carbocycles. The van der Waals surface area contributed by atoms with E-state index >= 15 is 0 Å². The number of carbonyl (C=O) groups excluding carboxylic acids is 2. The maximum absolute atomic E-state index is 13.1. The lowest BCUT2D eigenvalue weighted by atomic mass is 10.1. The summed E-state index contributed by atoms with van der Waals surface area (Å²) in [6, 6.07) is 8.20. The molecule has 0 unspecified atom stereocenters. The first-order chi connectivity index (χ1) is 12.1. The van der Waals surface area contributed by atoms with Crippen molar-refractivity contribution >= 4 is 11.9 Å². The Morgan fingerprint density at radius 1 is 1.28 bits per heavy atom. The number of furan rings is 1. The summed E-state index contributed by atoms with van der Waals surface area (Å²) in [5.74, 6) is -1.73. The van der Waals surface area contributed by atoms with Crippen LogP contribution in [0.1, 0.15) is 35.1 Å². The molecule has 0 saturated carbocycles. The van der Waals surface area contributed by atoms with Gasteiger partial charge in [0.05, 0.1) is 12.4 Å². The van der Waals surface area contributed by atoms with Gasteiger partial charge in [0.2, 0.25) is 11.9 Å². The van der Waals surface area contributed by atoms with Crippen molar-refractivity contribution < 1.29 is 27.9 Å². The number of hydrogen-bond acceptors (Lipinski definition) is 5. The molecule has 1 aliphatic heterocycles. The number of ether oxygens (including phenoxy) is 2. The van der Waals surface area contributed by atoms with Gasteiger partial charge in [-0.25, -0.2) is 9.18 Å². The van der Waals surface area contributed by atoms with Gasteiger partial charge in [-0.15, -0.1) is 0 Å². The third-order valence-corrected chi connectivity index (χ3v) is 3.89. The maximum atomic E-state index is 13.1. The van der Waals surface area contributed by atoms with Crippen molar-refractivity contribution in [1.29, 1.82) is 0 Å². The zero-order valence-corrected chi connectivity index (χ0v) is 13.4. The second kappa shape index (κ2) is 7.94. The molecule has 25 heavy (non-hydrogen) atoms. The first kappa shape index (κ1) is 17.2. The van der Waals surface area contributed by atoms with Gasteiger partial charge in [-0.3, -0.25) is 4.79 Å². The number of rotatable bonds is 6. The molecule has 0 spiro atoms. The standard InChI is InChI=1S/C18H18FNO5/c19-13-7-5-12(6-8-13)16(25-18(22)15-4-2-10-24-15)17(21)20-11-14-3-1-9-23-14/h2,4-8,10,14,16H,1,3,9,11H2,(H,20,21)/t14-,16-/m1/s1. The highest BCUT2D eigenvalue weighted by molar-refractivity contribution is 5.90. The summed E-state index contributed by atoms with van der Waals surface area (Å²) in [6.45, 7) is 1.00. The fraction of sp³-hybridized carbons (Fsp3) is 0.333. The number of amides is 1. The third kappa shape index (κ3) is 4.45. The van der Waals surface area contributed by atoms with Crippen LogP contribution in [0.5, 0.6) is 0 Å². The van der Waals surface area contributed by atoms with E-state index in [1.807, 2.05) is 0 Å². The topological polar surface area (TPSA) is 77.8 Å². The van der Waals surface area contributed by atoms with Gasteiger partial charge in [-0.05, 0) is 37.1 Å². The molecule has 1 aromatic heterocycles. The third-order valence-electron chi connectivity index (χ3n) is 3.89. The molecule has 1 fully saturated rings. The van der Waals surface area contributed by atoms with Crippen molar-refractivity contribution in [2.24, 2.45) is 0 Å². The van der Waals surface area contributed by atoms with Crippen molar-refractivity contribution in [2.75, 3.05) is 13.2 Å². The Bertz CT molecular complexity index is 708. The van der Waals surface area contributed by atoms with E-state index in [1.165, 1.54) is 36.6 Å². The highest BCUT2D eigenvalue weighted by Crippen LogP contribution is 2.21. The van der Waals surface area contributed by atoms with Crippen LogP contribution in [0.4, 0.5) is 4.39 Å². The zero-order chi connectivity index (χ0) is 17.6. The predicted molar refractivity (Wildman–Crippen MR) is 85.2 cm³/mol. The Labute approximate surface area is 143 Å². The molecule has 1 saturated heterocycles. The largest absolute Gasteiger partial charge is 0.457 e. The van der Waals surface area contributed by atoms with Crippen LogP contribution in [-0.2, 0) is 14.3 Å². The van der Waals surface area contributed by atoms with Gasteiger partial charge in [-0.2, -0.15) is 0 Å². The van der Waals surface area contributed by atoms with Crippen LogP contribution in [0.25, 0.3) is 0 Å². The summed E-state index contributed by atoms with van der Waals surface area (Å²) in [4.78, 5) is 24.6. The van der Waals surface area contributed by atoms with Gasteiger partial charge in [0, 0.05) is 18.7 Å². The van der Waals surface area contributed by atoms with E-state index in [1.54, 1.807) is 6.07 Å². The van der Waals surface area contributed by atoms with Crippen molar-refractivity contribution in [3.8, 4) is 0 Å². The fourth-order valence-electron chi connectivity index (χ4n) is 2.58. The predicted octanol–water partition coefficient (Wildman–Crippen LogP) is 2.61. The minimum atomic E-state index is -1.21. The SMILES string of the molecule is O=C(O[C@@H](C(=O)NC[C@H]1CCCO1)c1ccc(F)cc1)c1ccco1. The van der Waals surface area contributed by atoms with Crippen LogP contribution in [0.2, 0.25) is 0 Å². The molecular weight excluding hydrogens is 329 g/mol. The van der Waals surface area contributed by atoms with Gasteiger partial charge in [0.1, 0.15) is 5.82 Å². The first-order valence-corrected chi connectivity index (χ1v) is 8.03. The Hall–Kier alpha value is -2.67. The molecule has 1 amide bonds. The van der Waals surface area contributed by atoms with E-state index in [0.29, 0.717) is 18.7 Å². The monoisotopic (exact) mass is 347 g/mol. The Morgan fingerprint density at radius 3 is 2.72 bits per heavy atom. The van der Waals surface area contributed by atoms with Crippen LogP contribution in [0.15, 0.2) is 47.1 Å². The number of carbonyl (C=O) groups is 2. The van der Waals surface area contributed by atoms with Crippen molar-refractivity contribution in [1.82, 2.24) is 5.32 Å². The van der Waals surface area contributed by atoms with Crippen LogP contribution in [0.3, 0.4) is 0 Å². The van der Waals surface area contributed by atoms with Crippen LogP contribution < -0.4 is 5.32 Å². The molecule has 0 bridgehead atoms. The van der Waals surface area contributed by atoms with Crippen LogP contribution >= 0.6 is 0 Å². The van der Waals surface area contributed by atoms with E-state index < -0.39 is 23.8 Å². The van der Waals surface area contributed by atoms with Gasteiger partial charge < -0.3 is 19.2 Å². The van der Waals surface area contributed by atoms with Crippen LogP contribution in [0, 0.1) is 5.82 Å². The summed E-state index contributed by atoms with van der Waals surface area (Å²) in [7, 11) is 0. The molecule has 2 atom stereocenters. The summed E-state index contributed by atoms with van der Waals surface area (Å²) in [6.07, 6.45) is 1.91. The number of hydrogen-bond donors (Lipinski definition) is 1. The maximum Gasteiger partial charge on any atom is 0.375 e. The van der Waals surface area contributed by atoms with Crippen molar-refractivity contribution in [3.63, 3.8) is 0 Å². The lowest BCUT2D eigenvalue weighted by Crippen LogP contribution is -2.37. The van der Waals surface area contributed by atoms with E-state index in [-0.39, 0.29) is 11.9 Å². The molecule has 1 aliphatic rings. The van der Waals surface area contributed by atoms with E-state index in [4.69, 9.17) is 13.9 Å². The molecule has 3 rings (SSSR count). The molecule has 1 N–H and O–H groups in total. The van der Waals surface area contributed by atoms with Gasteiger partial charge in [-0.1, -0.05) is 12.1 Å². The fourth-order valence-corrected chi connectivity index (χ4v) is 2.58. The highest BCUT2D eigenvalue weighted by Gasteiger charge is 2.28.